The van der Waals surface area contributed by atoms with Crippen LogP contribution in [0.2, 0.25) is 0 Å². The molecule has 0 spiro atoms. The van der Waals surface area contributed by atoms with E-state index in [1.807, 2.05) is 18.4 Å². The topological polar surface area (TPSA) is 68.8 Å². The molecule has 0 aliphatic rings. The number of aromatic nitrogens is 4. The highest BCUT2D eigenvalue weighted by atomic mass is 16.5. The molecule has 6 nitrogen and oxygen atoms in total. The lowest BCUT2D eigenvalue weighted by Gasteiger charge is -2.05. The lowest BCUT2D eigenvalue weighted by atomic mass is 10.4. The first kappa shape index (κ1) is 9.70. The van der Waals surface area contributed by atoms with Crippen LogP contribution in [-0.2, 0) is 6.54 Å². The smallest absolute Gasteiger partial charge is 0.224 e. The van der Waals surface area contributed by atoms with Crippen molar-refractivity contribution >= 4 is 5.95 Å². The summed E-state index contributed by atoms with van der Waals surface area (Å²) < 4.78 is 6.75. The van der Waals surface area contributed by atoms with Gasteiger partial charge in [0.15, 0.2) is 11.5 Å². The molecule has 0 unspecified atom stereocenters. The Hall–Kier alpha value is -1.85. The summed E-state index contributed by atoms with van der Waals surface area (Å²) in [6.45, 7) is 5.66. The van der Waals surface area contributed by atoms with E-state index in [0.29, 0.717) is 5.69 Å². The van der Waals surface area contributed by atoms with Gasteiger partial charge in [-0.05, 0) is 13.8 Å². The molecule has 0 saturated heterocycles. The molecule has 0 fully saturated rings. The van der Waals surface area contributed by atoms with E-state index < -0.39 is 0 Å². The molecule has 0 bridgehead atoms. The molecule has 6 heteroatoms. The maximum absolute atomic E-state index is 4.79. The SMILES string of the molecule is CCNc1nnc(-c2ccon2)n1CC. The van der Waals surface area contributed by atoms with Crippen LogP contribution in [-0.4, -0.2) is 26.5 Å². The first-order valence-corrected chi connectivity index (χ1v) is 4.94. The van der Waals surface area contributed by atoms with Gasteiger partial charge in [0.25, 0.3) is 0 Å². The monoisotopic (exact) mass is 207 g/mol. The van der Waals surface area contributed by atoms with Crippen molar-refractivity contribution in [2.45, 2.75) is 20.4 Å². The number of rotatable bonds is 4. The summed E-state index contributed by atoms with van der Waals surface area (Å²) in [5.41, 5.74) is 0.702. The third-order valence-electron chi connectivity index (χ3n) is 2.07. The Morgan fingerprint density at radius 1 is 1.40 bits per heavy atom. The van der Waals surface area contributed by atoms with Crippen molar-refractivity contribution in [2.24, 2.45) is 0 Å². The molecule has 0 atom stereocenters. The molecule has 80 valence electrons. The van der Waals surface area contributed by atoms with Crippen LogP contribution in [0.15, 0.2) is 16.9 Å². The Morgan fingerprint density at radius 2 is 2.27 bits per heavy atom. The van der Waals surface area contributed by atoms with Gasteiger partial charge in [-0.15, -0.1) is 10.2 Å². The summed E-state index contributed by atoms with van der Waals surface area (Å²) in [5.74, 6) is 1.49. The van der Waals surface area contributed by atoms with E-state index in [2.05, 4.69) is 20.7 Å². The van der Waals surface area contributed by atoms with Crippen LogP contribution in [0, 0.1) is 0 Å². The van der Waals surface area contributed by atoms with Gasteiger partial charge in [-0.3, -0.25) is 4.57 Å². The summed E-state index contributed by atoms with van der Waals surface area (Å²) >= 11 is 0. The van der Waals surface area contributed by atoms with Crippen molar-refractivity contribution in [3.63, 3.8) is 0 Å². The van der Waals surface area contributed by atoms with E-state index in [1.54, 1.807) is 6.07 Å². The molecule has 0 aliphatic heterocycles. The largest absolute Gasteiger partial charge is 0.364 e. The average molecular weight is 207 g/mol. The van der Waals surface area contributed by atoms with Crippen molar-refractivity contribution in [1.82, 2.24) is 19.9 Å². The molecule has 15 heavy (non-hydrogen) atoms. The van der Waals surface area contributed by atoms with Crippen LogP contribution in [0.5, 0.6) is 0 Å². The van der Waals surface area contributed by atoms with Gasteiger partial charge in [-0.1, -0.05) is 5.16 Å². The normalized spacial score (nSPS) is 10.5. The van der Waals surface area contributed by atoms with Crippen LogP contribution in [0.3, 0.4) is 0 Å². The molecule has 0 amide bonds. The molecule has 0 aromatic carbocycles. The highest BCUT2D eigenvalue weighted by Gasteiger charge is 2.13. The number of hydrogen-bond donors (Lipinski definition) is 1. The van der Waals surface area contributed by atoms with Gasteiger partial charge in [-0.25, -0.2) is 0 Å². The van der Waals surface area contributed by atoms with E-state index in [9.17, 15) is 0 Å². The number of nitrogens with one attached hydrogen (secondary N) is 1. The standard InChI is InChI=1S/C9H13N5O/c1-3-10-9-12-11-8(14(9)4-2)7-5-6-15-13-7/h5-6H,3-4H2,1-2H3,(H,10,12). The number of hydrogen-bond acceptors (Lipinski definition) is 5. The summed E-state index contributed by atoms with van der Waals surface area (Å²) in [7, 11) is 0. The van der Waals surface area contributed by atoms with Crippen molar-refractivity contribution in [1.29, 1.82) is 0 Å². The second-order valence-electron chi connectivity index (χ2n) is 3.01. The fourth-order valence-corrected chi connectivity index (χ4v) is 1.41. The summed E-state index contributed by atoms with van der Waals surface area (Å²) in [6, 6.07) is 1.77. The van der Waals surface area contributed by atoms with Gasteiger partial charge in [-0.2, -0.15) is 0 Å². The lowest BCUT2D eigenvalue weighted by molar-refractivity contribution is 0.421. The third-order valence-corrected chi connectivity index (χ3v) is 2.07. The maximum Gasteiger partial charge on any atom is 0.224 e. The summed E-state index contributed by atoms with van der Waals surface area (Å²) in [6.07, 6.45) is 1.52. The van der Waals surface area contributed by atoms with Crippen LogP contribution in [0.25, 0.3) is 11.5 Å². The second-order valence-corrected chi connectivity index (χ2v) is 3.01. The van der Waals surface area contributed by atoms with Crippen LogP contribution in [0.1, 0.15) is 13.8 Å². The zero-order valence-electron chi connectivity index (χ0n) is 8.77. The van der Waals surface area contributed by atoms with E-state index in [4.69, 9.17) is 4.52 Å². The molecule has 0 aliphatic carbocycles. The quantitative estimate of drug-likeness (QED) is 0.820. The van der Waals surface area contributed by atoms with E-state index in [0.717, 1.165) is 24.9 Å². The number of nitrogens with zero attached hydrogens (tertiary/aromatic N) is 4. The lowest BCUT2D eigenvalue weighted by Crippen LogP contribution is -2.06. The zero-order valence-corrected chi connectivity index (χ0v) is 8.77. The predicted octanol–water partition coefficient (Wildman–Crippen LogP) is 1.38. The van der Waals surface area contributed by atoms with Gasteiger partial charge in [0.1, 0.15) is 6.26 Å². The molecule has 2 aromatic rings. The van der Waals surface area contributed by atoms with E-state index in [1.165, 1.54) is 6.26 Å². The Morgan fingerprint density at radius 3 is 2.87 bits per heavy atom. The zero-order chi connectivity index (χ0) is 10.7. The predicted molar refractivity (Wildman–Crippen MR) is 55.4 cm³/mol. The van der Waals surface area contributed by atoms with Crippen LogP contribution < -0.4 is 5.32 Å². The van der Waals surface area contributed by atoms with E-state index in [-0.39, 0.29) is 0 Å². The first-order valence-electron chi connectivity index (χ1n) is 4.94. The Balaban J connectivity index is 2.40. The van der Waals surface area contributed by atoms with Gasteiger partial charge in [0, 0.05) is 19.2 Å². The fourth-order valence-electron chi connectivity index (χ4n) is 1.41. The van der Waals surface area contributed by atoms with Crippen molar-refractivity contribution in [3.05, 3.63) is 12.3 Å². The minimum absolute atomic E-state index is 0.702. The van der Waals surface area contributed by atoms with Crippen molar-refractivity contribution in [3.8, 4) is 11.5 Å². The maximum atomic E-state index is 4.79. The molecule has 2 aromatic heterocycles. The fraction of sp³-hybridized carbons (Fsp3) is 0.444. The average Bonchev–Trinajstić information content (AvgIpc) is 2.85. The molecular formula is C9H13N5O. The van der Waals surface area contributed by atoms with Crippen LogP contribution >= 0.6 is 0 Å². The first-order chi connectivity index (χ1) is 7.36. The van der Waals surface area contributed by atoms with Gasteiger partial charge in [0.05, 0.1) is 0 Å². The highest BCUT2D eigenvalue weighted by molar-refractivity contribution is 5.51. The van der Waals surface area contributed by atoms with Crippen molar-refractivity contribution in [2.75, 3.05) is 11.9 Å². The Kier molecular flexibility index (Phi) is 2.66. The molecule has 2 rings (SSSR count). The van der Waals surface area contributed by atoms with Gasteiger partial charge in [0.2, 0.25) is 5.95 Å². The van der Waals surface area contributed by atoms with E-state index >= 15 is 0 Å². The molecule has 0 saturated carbocycles. The van der Waals surface area contributed by atoms with Gasteiger partial charge >= 0.3 is 0 Å². The van der Waals surface area contributed by atoms with Crippen molar-refractivity contribution < 1.29 is 4.52 Å². The minimum Gasteiger partial charge on any atom is -0.364 e. The highest BCUT2D eigenvalue weighted by Crippen LogP contribution is 2.18. The third kappa shape index (κ3) is 1.70. The van der Waals surface area contributed by atoms with Crippen LogP contribution in [0.4, 0.5) is 5.95 Å². The molecule has 1 N–H and O–H groups in total. The molecule has 2 heterocycles. The second kappa shape index (κ2) is 4.12. The summed E-state index contributed by atoms with van der Waals surface area (Å²) in [5, 5.41) is 15.1. The van der Waals surface area contributed by atoms with Gasteiger partial charge < -0.3 is 9.84 Å². The minimum atomic E-state index is 0.702. The number of anilines is 1. The molecule has 0 radical (unpaired) electrons. The Bertz CT molecular complexity index is 420. The summed E-state index contributed by atoms with van der Waals surface area (Å²) in [4.78, 5) is 0. The molecular weight excluding hydrogens is 194 g/mol. The Labute approximate surface area is 87.3 Å².